The van der Waals surface area contributed by atoms with Gasteiger partial charge in [0.1, 0.15) is 0 Å². The van der Waals surface area contributed by atoms with Gasteiger partial charge in [0.25, 0.3) is 15.9 Å². The molecule has 4 rings (SSSR count). The number of anilines is 1. The summed E-state index contributed by atoms with van der Waals surface area (Å²) in [4.78, 5) is 17.3. The standard InChI is InChI=1S/C22H27N3O4S/c26-22(25-13-11-24(12-14-25)17-20-8-5-15-29-20)18-6-4-7-19(16-18)23-30(27,28)21-9-2-1-3-10-21/h1-4,6-7,9-10,16,20,23H,5,8,11-15,17H2/t20-/m0/s1. The van der Waals surface area contributed by atoms with Crippen molar-refractivity contribution < 1.29 is 17.9 Å². The van der Waals surface area contributed by atoms with E-state index in [9.17, 15) is 13.2 Å². The molecule has 8 heteroatoms. The molecular weight excluding hydrogens is 402 g/mol. The van der Waals surface area contributed by atoms with E-state index >= 15 is 0 Å². The summed E-state index contributed by atoms with van der Waals surface area (Å²) in [6.07, 6.45) is 2.57. The van der Waals surface area contributed by atoms with Crippen molar-refractivity contribution in [2.75, 3.05) is 44.1 Å². The van der Waals surface area contributed by atoms with Crippen LogP contribution in [0.4, 0.5) is 5.69 Å². The summed E-state index contributed by atoms with van der Waals surface area (Å²) in [6.45, 7) is 4.75. The number of nitrogens with one attached hydrogen (secondary N) is 1. The fourth-order valence-corrected chi connectivity index (χ4v) is 4.99. The Balaban J connectivity index is 1.37. The van der Waals surface area contributed by atoms with E-state index in [1.807, 2.05) is 4.90 Å². The van der Waals surface area contributed by atoms with Gasteiger partial charge in [-0.25, -0.2) is 8.42 Å². The van der Waals surface area contributed by atoms with Gasteiger partial charge in [-0.3, -0.25) is 14.4 Å². The molecule has 0 bridgehead atoms. The van der Waals surface area contributed by atoms with Gasteiger partial charge in [-0.15, -0.1) is 0 Å². The molecule has 0 unspecified atom stereocenters. The number of piperazine rings is 1. The van der Waals surface area contributed by atoms with E-state index in [1.165, 1.54) is 12.1 Å². The third-order valence-corrected chi connectivity index (χ3v) is 6.96. The van der Waals surface area contributed by atoms with Crippen molar-refractivity contribution in [2.24, 2.45) is 0 Å². The van der Waals surface area contributed by atoms with Crippen molar-refractivity contribution in [1.82, 2.24) is 9.80 Å². The number of rotatable bonds is 6. The molecule has 7 nitrogen and oxygen atoms in total. The van der Waals surface area contributed by atoms with Crippen molar-refractivity contribution in [1.29, 1.82) is 0 Å². The molecule has 30 heavy (non-hydrogen) atoms. The first-order valence-electron chi connectivity index (χ1n) is 10.3. The van der Waals surface area contributed by atoms with Crippen LogP contribution in [-0.4, -0.2) is 69.6 Å². The van der Waals surface area contributed by atoms with Crippen molar-refractivity contribution in [3.05, 3.63) is 60.2 Å². The fourth-order valence-electron chi connectivity index (χ4n) is 3.92. The number of hydrogen-bond acceptors (Lipinski definition) is 5. The highest BCUT2D eigenvalue weighted by molar-refractivity contribution is 7.92. The van der Waals surface area contributed by atoms with E-state index in [0.29, 0.717) is 30.4 Å². The number of benzene rings is 2. The predicted molar refractivity (Wildman–Crippen MR) is 115 cm³/mol. The van der Waals surface area contributed by atoms with Gasteiger partial charge in [-0.2, -0.15) is 0 Å². The zero-order valence-corrected chi connectivity index (χ0v) is 17.7. The number of carbonyl (C=O) groups is 1. The fraction of sp³-hybridized carbons (Fsp3) is 0.409. The van der Waals surface area contributed by atoms with Crippen LogP contribution in [0.3, 0.4) is 0 Å². The Labute approximate surface area is 177 Å². The summed E-state index contributed by atoms with van der Waals surface area (Å²) < 4.78 is 33.3. The smallest absolute Gasteiger partial charge is 0.261 e. The maximum atomic E-state index is 12.9. The zero-order chi connectivity index (χ0) is 21.0. The van der Waals surface area contributed by atoms with Crippen molar-refractivity contribution in [2.45, 2.75) is 23.8 Å². The molecule has 1 amide bonds. The van der Waals surface area contributed by atoms with Gasteiger partial charge in [0.15, 0.2) is 0 Å². The Morgan fingerprint density at radius 3 is 2.50 bits per heavy atom. The van der Waals surface area contributed by atoms with Crippen LogP contribution in [0.5, 0.6) is 0 Å². The molecule has 0 saturated carbocycles. The number of amides is 1. The molecule has 2 fully saturated rings. The van der Waals surface area contributed by atoms with Gasteiger partial charge >= 0.3 is 0 Å². The minimum Gasteiger partial charge on any atom is -0.377 e. The molecule has 2 aromatic rings. The largest absolute Gasteiger partial charge is 0.377 e. The Hall–Kier alpha value is -2.42. The van der Waals surface area contributed by atoms with E-state index in [4.69, 9.17) is 4.74 Å². The lowest BCUT2D eigenvalue weighted by Crippen LogP contribution is -2.50. The van der Waals surface area contributed by atoms with E-state index < -0.39 is 10.0 Å². The zero-order valence-electron chi connectivity index (χ0n) is 16.9. The molecule has 1 N–H and O–H groups in total. The van der Waals surface area contributed by atoms with Crippen LogP contribution in [0, 0.1) is 0 Å². The number of carbonyl (C=O) groups excluding carboxylic acids is 1. The third kappa shape index (κ3) is 5.00. The van der Waals surface area contributed by atoms with E-state index in [0.717, 1.165) is 39.1 Å². The average Bonchev–Trinajstić information content (AvgIpc) is 3.27. The molecule has 2 aromatic carbocycles. The average molecular weight is 430 g/mol. The normalized spacial score (nSPS) is 20.3. The number of sulfonamides is 1. The summed E-state index contributed by atoms with van der Waals surface area (Å²) in [5, 5.41) is 0. The van der Waals surface area contributed by atoms with Gasteiger partial charge in [0.2, 0.25) is 0 Å². The molecule has 2 aliphatic rings. The molecule has 0 aliphatic carbocycles. The molecule has 1 atom stereocenters. The van der Waals surface area contributed by atoms with Crippen LogP contribution in [0.15, 0.2) is 59.5 Å². The number of hydrogen-bond donors (Lipinski definition) is 1. The lowest BCUT2D eigenvalue weighted by Gasteiger charge is -2.35. The first-order chi connectivity index (χ1) is 14.5. The molecule has 0 radical (unpaired) electrons. The minimum absolute atomic E-state index is 0.0764. The van der Waals surface area contributed by atoms with E-state index in [-0.39, 0.29) is 10.8 Å². The van der Waals surface area contributed by atoms with Gasteiger partial charge < -0.3 is 9.64 Å². The second kappa shape index (κ2) is 9.16. The van der Waals surface area contributed by atoms with E-state index in [2.05, 4.69) is 9.62 Å². The Morgan fingerprint density at radius 1 is 1.03 bits per heavy atom. The van der Waals surface area contributed by atoms with Crippen molar-refractivity contribution in [3.63, 3.8) is 0 Å². The van der Waals surface area contributed by atoms with Gasteiger partial charge in [0.05, 0.1) is 11.0 Å². The van der Waals surface area contributed by atoms with Crippen LogP contribution in [-0.2, 0) is 14.8 Å². The highest BCUT2D eigenvalue weighted by Gasteiger charge is 2.25. The minimum atomic E-state index is -3.69. The SMILES string of the molecule is O=C(c1cccc(NS(=O)(=O)c2ccccc2)c1)N1CCN(C[C@@H]2CCCO2)CC1. The molecule has 160 valence electrons. The molecule has 0 aromatic heterocycles. The van der Waals surface area contributed by atoms with Gasteiger partial charge in [0, 0.05) is 50.6 Å². The predicted octanol–water partition coefficient (Wildman–Crippen LogP) is 2.42. The van der Waals surface area contributed by atoms with Crippen LogP contribution in [0.1, 0.15) is 23.2 Å². The first kappa shape index (κ1) is 20.8. The Bertz CT molecular complexity index is 967. The van der Waals surface area contributed by atoms with Crippen LogP contribution >= 0.6 is 0 Å². The molecule has 2 aliphatic heterocycles. The maximum Gasteiger partial charge on any atom is 0.261 e. The van der Waals surface area contributed by atoms with Crippen LogP contribution < -0.4 is 4.72 Å². The highest BCUT2D eigenvalue weighted by Crippen LogP contribution is 2.19. The van der Waals surface area contributed by atoms with Crippen molar-refractivity contribution >= 4 is 21.6 Å². The highest BCUT2D eigenvalue weighted by atomic mass is 32.2. The van der Waals surface area contributed by atoms with Gasteiger partial charge in [-0.05, 0) is 43.2 Å². The molecule has 2 saturated heterocycles. The monoisotopic (exact) mass is 429 g/mol. The second-order valence-electron chi connectivity index (χ2n) is 7.73. The summed E-state index contributed by atoms with van der Waals surface area (Å²) in [5.41, 5.74) is 0.859. The van der Waals surface area contributed by atoms with E-state index in [1.54, 1.807) is 42.5 Å². The van der Waals surface area contributed by atoms with Crippen molar-refractivity contribution in [3.8, 4) is 0 Å². The number of ether oxygens (including phenoxy) is 1. The third-order valence-electron chi connectivity index (χ3n) is 5.56. The molecule has 2 heterocycles. The molecular formula is C22H27N3O4S. The lowest BCUT2D eigenvalue weighted by molar-refractivity contribution is 0.0433. The Morgan fingerprint density at radius 2 is 1.80 bits per heavy atom. The number of nitrogens with zero attached hydrogens (tertiary/aromatic N) is 2. The Kier molecular flexibility index (Phi) is 6.36. The maximum absolute atomic E-state index is 12.9. The lowest BCUT2D eigenvalue weighted by atomic mass is 10.1. The quantitative estimate of drug-likeness (QED) is 0.763. The summed E-state index contributed by atoms with van der Waals surface area (Å²) in [5.74, 6) is -0.0764. The summed E-state index contributed by atoms with van der Waals surface area (Å²) in [7, 11) is -3.69. The topological polar surface area (TPSA) is 79.0 Å². The van der Waals surface area contributed by atoms with Gasteiger partial charge in [-0.1, -0.05) is 24.3 Å². The summed E-state index contributed by atoms with van der Waals surface area (Å²) >= 11 is 0. The first-order valence-corrected chi connectivity index (χ1v) is 11.8. The van der Waals surface area contributed by atoms with Crippen LogP contribution in [0.2, 0.25) is 0 Å². The summed E-state index contributed by atoms with van der Waals surface area (Å²) in [6, 6.07) is 14.9. The second-order valence-corrected chi connectivity index (χ2v) is 9.41. The molecule has 0 spiro atoms. The van der Waals surface area contributed by atoms with Crippen LogP contribution in [0.25, 0.3) is 0 Å².